The molecule has 1 aliphatic heterocycles. The van der Waals surface area contributed by atoms with Gasteiger partial charge in [-0.3, -0.25) is 0 Å². The van der Waals surface area contributed by atoms with E-state index in [1.165, 1.54) is 16.8 Å². The van der Waals surface area contributed by atoms with Crippen molar-refractivity contribution in [1.82, 2.24) is 24.9 Å². The van der Waals surface area contributed by atoms with Crippen LogP contribution in [0.25, 0.3) is 22.3 Å². The third-order valence-electron chi connectivity index (χ3n) is 6.66. The van der Waals surface area contributed by atoms with Crippen molar-refractivity contribution in [1.29, 1.82) is 0 Å². The van der Waals surface area contributed by atoms with Crippen LogP contribution in [0.4, 0.5) is 0 Å². The molecule has 164 valence electrons. The van der Waals surface area contributed by atoms with Crippen molar-refractivity contribution in [3.05, 3.63) is 65.1 Å². The Morgan fingerprint density at radius 1 is 1.09 bits per heavy atom. The van der Waals surface area contributed by atoms with E-state index < -0.39 is 0 Å². The second-order valence-corrected chi connectivity index (χ2v) is 8.84. The Hall–Kier alpha value is -3.28. The Bertz CT molecular complexity index is 1280. The molecule has 3 aromatic heterocycles. The first-order valence-electron chi connectivity index (χ1n) is 11.4. The molecule has 0 radical (unpaired) electrons. The summed E-state index contributed by atoms with van der Waals surface area (Å²) in [5.74, 6) is 2.67. The number of imidazole rings is 1. The summed E-state index contributed by atoms with van der Waals surface area (Å²) in [6, 6.07) is 8.60. The van der Waals surface area contributed by atoms with E-state index in [2.05, 4.69) is 65.0 Å². The Labute approximate surface area is 188 Å². The number of pyridine rings is 1. The average Bonchev–Trinajstić information content (AvgIpc) is 3.15. The number of fused-ring (bicyclic) bond motifs is 2. The van der Waals surface area contributed by atoms with Crippen LogP contribution in [0.5, 0.6) is 5.75 Å². The SMILES string of the molecule is CCc1c(C)ncnc1C1CCOc2ccc(-c3cnc4nc(C)[nH]c4c3)cc2CC1C. The number of nitrogens with one attached hydrogen (secondary N) is 1. The summed E-state index contributed by atoms with van der Waals surface area (Å²) in [5, 5.41) is 0. The zero-order valence-electron chi connectivity index (χ0n) is 19.1. The number of rotatable bonds is 3. The lowest BCUT2D eigenvalue weighted by molar-refractivity contribution is 0.256. The standard InChI is InChI=1S/C26H29N5O/c1-5-21-16(3)28-14-29-25(21)22-8-9-32-24-7-6-18(11-19(24)10-15(22)2)20-12-23-26(27-13-20)31-17(4)30-23/h6-7,11-15,22H,5,8-10H2,1-4H3,(H,27,30,31). The van der Waals surface area contributed by atoms with Gasteiger partial charge in [-0.05, 0) is 73.9 Å². The van der Waals surface area contributed by atoms with E-state index in [4.69, 9.17) is 9.72 Å². The van der Waals surface area contributed by atoms with E-state index >= 15 is 0 Å². The van der Waals surface area contributed by atoms with Crippen molar-refractivity contribution in [2.24, 2.45) is 5.92 Å². The molecule has 6 nitrogen and oxygen atoms in total. The Morgan fingerprint density at radius 2 is 1.97 bits per heavy atom. The molecule has 0 fully saturated rings. The molecule has 5 rings (SSSR count). The van der Waals surface area contributed by atoms with Crippen molar-refractivity contribution in [3.8, 4) is 16.9 Å². The summed E-state index contributed by atoms with van der Waals surface area (Å²) in [4.78, 5) is 21.4. The van der Waals surface area contributed by atoms with Gasteiger partial charge in [-0.25, -0.2) is 19.9 Å². The molecule has 1 aliphatic rings. The van der Waals surface area contributed by atoms with Crippen molar-refractivity contribution in [2.45, 2.75) is 52.9 Å². The molecule has 0 amide bonds. The molecule has 2 unspecified atom stereocenters. The van der Waals surface area contributed by atoms with Gasteiger partial charge in [0.2, 0.25) is 0 Å². The number of aromatic nitrogens is 5. The Kier molecular flexibility index (Phi) is 5.37. The molecule has 0 saturated carbocycles. The van der Waals surface area contributed by atoms with Gasteiger partial charge in [-0.15, -0.1) is 0 Å². The minimum atomic E-state index is 0.356. The highest BCUT2D eigenvalue weighted by molar-refractivity contribution is 5.78. The van der Waals surface area contributed by atoms with E-state index in [1.54, 1.807) is 6.33 Å². The van der Waals surface area contributed by atoms with Gasteiger partial charge >= 0.3 is 0 Å². The first-order valence-corrected chi connectivity index (χ1v) is 11.4. The zero-order chi connectivity index (χ0) is 22.2. The third kappa shape index (κ3) is 3.74. The van der Waals surface area contributed by atoms with Crippen LogP contribution in [-0.4, -0.2) is 31.5 Å². The number of nitrogens with zero attached hydrogens (tertiary/aromatic N) is 4. The van der Waals surface area contributed by atoms with Crippen molar-refractivity contribution < 1.29 is 4.74 Å². The predicted octanol–water partition coefficient (Wildman–Crippen LogP) is 5.34. The van der Waals surface area contributed by atoms with Gasteiger partial charge in [0.1, 0.15) is 17.9 Å². The summed E-state index contributed by atoms with van der Waals surface area (Å²) in [7, 11) is 0. The lowest BCUT2D eigenvalue weighted by Crippen LogP contribution is -2.22. The lowest BCUT2D eigenvalue weighted by atomic mass is 9.80. The second kappa shape index (κ2) is 8.34. The highest BCUT2D eigenvalue weighted by Gasteiger charge is 2.27. The number of aryl methyl sites for hydroxylation is 2. The van der Waals surface area contributed by atoms with E-state index in [9.17, 15) is 0 Å². The van der Waals surface area contributed by atoms with E-state index in [0.29, 0.717) is 18.4 Å². The minimum absolute atomic E-state index is 0.356. The molecule has 6 heteroatoms. The number of H-pyrrole nitrogens is 1. The zero-order valence-corrected chi connectivity index (χ0v) is 19.1. The van der Waals surface area contributed by atoms with Crippen LogP contribution in [0, 0.1) is 19.8 Å². The average molecular weight is 428 g/mol. The van der Waals surface area contributed by atoms with Crippen LogP contribution >= 0.6 is 0 Å². The smallest absolute Gasteiger partial charge is 0.177 e. The Balaban J connectivity index is 1.48. The van der Waals surface area contributed by atoms with Crippen molar-refractivity contribution >= 4 is 11.2 Å². The van der Waals surface area contributed by atoms with Crippen LogP contribution < -0.4 is 4.74 Å². The van der Waals surface area contributed by atoms with Crippen LogP contribution in [0.3, 0.4) is 0 Å². The molecule has 1 N–H and O–H groups in total. The predicted molar refractivity (Wildman–Crippen MR) is 126 cm³/mol. The molecule has 1 aromatic carbocycles. The fourth-order valence-electron chi connectivity index (χ4n) is 4.99. The quantitative estimate of drug-likeness (QED) is 0.478. The van der Waals surface area contributed by atoms with Gasteiger partial charge in [-0.2, -0.15) is 0 Å². The van der Waals surface area contributed by atoms with Crippen molar-refractivity contribution in [3.63, 3.8) is 0 Å². The van der Waals surface area contributed by atoms with E-state index in [-0.39, 0.29) is 0 Å². The number of aromatic amines is 1. The maximum Gasteiger partial charge on any atom is 0.177 e. The lowest BCUT2D eigenvalue weighted by Gasteiger charge is -2.29. The van der Waals surface area contributed by atoms with Gasteiger partial charge in [0, 0.05) is 23.4 Å². The fourth-order valence-corrected chi connectivity index (χ4v) is 4.99. The van der Waals surface area contributed by atoms with Gasteiger partial charge < -0.3 is 9.72 Å². The van der Waals surface area contributed by atoms with Crippen LogP contribution in [0.1, 0.15) is 54.5 Å². The number of hydrogen-bond donors (Lipinski definition) is 1. The molecular formula is C26H29N5O. The normalized spacial score (nSPS) is 18.6. The molecule has 4 heterocycles. The second-order valence-electron chi connectivity index (χ2n) is 8.84. The van der Waals surface area contributed by atoms with E-state index in [0.717, 1.165) is 58.8 Å². The molecule has 0 aliphatic carbocycles. The van der Waals surface area contributed by atoms with Gasteiger partial charge in [-0.1, -0.05) is 19.9 Å². The molecular weight excluding hydrogens is 398 g/mol. The monoisotopic (exact) mass is 427 g/mol. The third-order valence-corrected chi connectivity index (χ3v) is 6.66. The molecule has 32 heavy (non-hydrogen) atoms. The maximum absolute atomic E-state index is 6.22. The van der Waals surface area contributed by atoms with Crippen LogP contribution in [-0.2, 0) is 12.8 Å². The molecule has 0 bridgehead atoms. The topological polar surface area (TPSA) is 76.6 Å². The largest absolute Gasteiger partial charge is 0.493 e. The van der Waals surface area contributed by atoms with Gasteiger partial charge in [0.05, 0.1) is 17.8 Å². The Morgan fingerprint density at radius 3 is 2.81 bits per heavy atom. The number of hydrogen-bond acceptors (Lipinski definition) is 5. The minimum Gasteiger partial charge on any atom is -0.493 e. The highest BCUT2D eigenvalue weighted by atomic mass is 16.5. The summed E-state index contributed by atoms with van der Waals surface area (Å²) < 4.78 is 6.22. The first-order chi connectivity index (χ1) is 15.5. The number of benzene rings is 1. The summed E-state index contributed by atoms with van der Waals surface area (Å²) in [6.07, 6.45) is 6.47. The first kappa shape index (κ1) is 20.6. The summed E-state index contributed by atoms with van der Waals surface area (Å²) in [5.41, 5.74) is 8.75. The van der Waals surface area contributed by atoms with Gasteiger partial charge in [0.15, 0.2) is 5.65 Å². The molecule has 0 saturated heterocycles. The van der Waals surface area contributed by atoms with Crippen LogP contribution in [0.15, 0.2) is 36.8 Å². The maximum atomic E-state index is 6.22. The fraction of sp³-hybridized carbons (Fsp3) is 0.385. The number of ether oxygens (including phenoxy) is 1. The molecule has 0 spiro atoms. The van der Waals surface area contributed by atoms with E-state index in [1.807, 2.05) is 13.1 Å². The van der Waals surface area contributed by atoms with Crippen molar-refractivity contribution in [2.75, 3.05) is 6.61 Å². The summed E-state index contributed by atoms with van der Waals surface area (Å²) in [6.45, 7) is 9.25. The highest BCUT2D eigenvalue weighted by Crippen LogP contribution is 2.38. The molecule has 4 aromatic rings. The van der Waals surface area contributed by atoms with Crippen LogP contribution in [0.2, 0.25) is 0 Å². The van der Waals surface area contributed by atoms with Gasteiger partial charge in [0.25, 0.3) is 0 Å². The summed E-state index contributed by atoms with van der Waals surface area (Å²) >= 11 is 0. The molecule has 2 atom stereocenters.